The molecule has 0 bridgehead atoms. The molecule has 6 nitrogen and oxygen atoms in total. The van der Waals surface area contributed by atoms with E-state index in [9.17, 15) is 14.0 Å². The van der Waals surface area contributed by atoms with Crippen LogP contribution in [-0.2, 0) is 6.42 Å². The van der Waals surface area contributed by atoms with E-state index in [4.69, 9.17) is 0 Å². The topological polar surface area (TPSA) is 78.1 Å². The third-order valence-corrected chi connectivity index (χ3v) is 6.57. The van der Waals surface area contributed by atoms with Crippen LogP contribution in [0.25, 0.3) is 10.8 Å². The molecule has 1 aromatic heterocycles. The molecule has 3 aromatic rings. The number of aromatic nitrogens is 2. The molecule has 32 heavy (non-hydrogen) atoms. The highest BCUT2D eigenvalue weighted by Gasteiger charge is 2.33. The van der Waals surface area contributed by atoms with Gasteiger partial charge in [-0.1, -0.05) is 44.5 Å². The molecule has 1 saturated heterocycles. The summed E-state index contributed by atoms with van der Waals surface area (Å²) in [6.45, 7) is 7.70. The molecule has 4 rings (SSSR count). The second kappa shape index (κ2) is 9.20. The summed E-state index contributed by atoms with van der Waals surface area (Å²) in [6.07, 6.45) is 1.48. The van der Waals surface area contributed by atoms with Crippen molar-refractivity contribution in [2.24, 2.45) is 5.92 Å². The molecule has 2 atom stereocenters. The van der Waals surface area contributed by atoms with Crippen molar-refractivity contribution in [3.63, 3.8) is 0 Å². The molecule has 1 amide bonds. The monoisotopic (exact) mass is 436 g/mol. The molecule has 7 heteroatoms. The molecule has 2 heterocycles. The maximum absolute atomic E-state index is 14.5. The van der Waals surface area contributed by atoms with Crippen LogP contribution in [0, 0.1) is 11.7 Å². The number of halogens is 1. The van der Waals surface area contributed by atoms with Gasteiger partial charge in [0, 0.05) is 37.0 Å². The molecular formula is C25H29FN4O2. The van der Waals surface area contributed by atoms with Crippen molar-refractivity contribution in [1.82, 2.24) is 20.4 Å². The second-order valence-electron chi connectivity index (χ2n) is 8.78. The molecular weight excluding hydrogens is 407 g/mol. The van der Waals surface area contributed by atoms with E-state index in [2.05, 4.69) is 36.3 Å². The quantitative estimate of drug-likeness (QED) is 0.594. The number of nitrogens with one attached hydrogen (secondary N) is 2. The Morgan fingerprint density at radius 2 is 1.94 bits per heavy atom. The number of hydrogen-bond acceptors (Lipinski definition) is 4. The van der Waals surface area contributed by atoms with Gasteiger partial charge in [0.05, 0.1) is 16.6 Å². The Hall–Kier alpha value is -3.06. The zero-order chi connectivity index (χ0) is 22.8. The number of carbonyl (C=O) groups is 1. The Morgan fingerprint density at radius 1 is 1.22 bits per heavy atom. The lowest BCUT2D eigenvalue weighted by Crippen LogP contribution is -2.62. The largest absolute Gasteiger partial charge is 0.335 e. The summed E-state index contributed by atoms with van der Waals surface area (Å²) in [7, 11) is 0. The van der Waals surface area contributed by atoms with Crippen LogP contribution in [0.15, 0.2) is 47.3 Å². The average Bonchev–Trinajstić information content (AvgIpc) is 2.78. The second-order valence-corrected chi connectivity index (χ2v) is 8.78. The lowest BCUT2D eigenvalue weighted by Gasteiger charge is -2.42. The molecule has 2 aromatic carbocycles. The molecule has 1 aliphatic rings. The number of aromatic amines is 1. The summed E-state index contributed by atoms with van der Waals surface area (Å²) < 4.78 is 14.5. The number of fused-ring (bicyclic) bond motifs is 1. The van der Waals surface area contributed by atoms with Gasteiger partial charge >= 0.3 is 0 Å². The van der Waals surface area contributed by atoms with Crippen LogP contribution < -0.4 is 10.9 Å². The van der Waals surface area contributed by atoms with Gasteiger partial charge < -0.3 is 10.2 Å². The average molecular weight is 437 g/mol. The van der Waals surface area contributed by atoms with Crippen molar-refractivity contribution in [2.75, 3.05) is 13.1 Å². The van der Waals surface area contributed by atoms with Crippen molar-refractivity contribution >= 4 is 16.7 Å². The Bertz CT molecular complexity index is 1190. The van der Waals surface area contributed by atoms with E-state index in [0.717, 1.165) is 17.4 Å². The maximum atomic E-state index is 14.5. The van der Waals surface area contributed by atoms with Gasteiger partial charge in [0.15, 0.2) is 0 Å². The molecule has 0 aliphatic carbocycles. The zero-order valence-electron chi connectivity index (χ0n) is 18.7. The molecule has 0 spiro atoms. The van der Waals surface area contributed by atoms with Gasteiger partial charge in [-0.05, 0) is 36.6 Å². The van der Waals surface area contributed by atoms with E-state index in [-0.39, 0.29) is 23.1 Å². The van der Waals surface area contributed by atoms with Crippen LogP contribution in [0.3, 0.4) is 0 Å². The minimum Gasteiger partial charge on any atom is -0.335 e. The number of hydrogen-bond donors (Lipinski definition) is 2. The summed E-state index contributed by atoms with van der Waals surface area (Å²) in [5, 5.41) is 11.6. The van der Waals surface area contributed by atoms with Crippen LogP contribution in [0.1, 0.15) is 48.8 Å². The van der Waals surface area contributed by atoms with Crippen molar-refractivity contribution in [3.05, 3.63) is 75.5 Å². The first-order valence-electron chi connectivity index (χ1n) is 11.2. The highest BCUT2D eigenvalue weighted by Crippen LogP contribution is 2.21. The number of rotatable bonds is 7. The Morgan fingerprint density at radius 3 is 2.66 bits per heavy atom. The molecule has 1 fully saturated rings. The lowest BCUT2D eigenvalue weighted by atomic mass is 9.97. The minimum absolute atomic E-state index is 0.0738. The number of likely N-dealkylation sites (tertiary alicyclic amines) is 1. The Balaban J connectivity index is 1.48. The molecule has 2 N–H and O–H groups in total. The van der Waals surface area contributed by atoms with Crippen LogP contribution in [0.5, 0.6) is 0 Å². The lowest BCUT2D eigenvalue weighted by molar-refractivity contribution is 0.0539. The smallest absolute Gasteiger partial charge is 0.272 e. The summed E-state index contributed by atoms with van der Waals surface area (Å²) in [4.78, 5) is 26.6. The van der Waals surface area contributed by atoms with Gasteiger partial charge in [0.1, 0.15) is 5.82 Å². The SMILES string of the molecule is CCC(C)C(C)NC1CN(C(=O)c2cc(Cc3n[nH]c(=O)c4ccccc34)ccc2F)C1. The fraction of sp³-hybridized carbons (Fsp3) is 0.400. The van der Waals surface area contributed by atoms with Crippen molar-refractivity contribution in [3.8, 4) is 0 Å². The zero-order valence-corrected chi connectivity index (χ0v) is 18.7. The summed E-state index contributed by atoms with van der Waals surface area (Å²) >= 11 is 0. The summed E-state index contributed by atoms with van der Waals surface area (Å²) in [5.41, 5.74) is 1.27. The van der Waals surface area contributed by atoms with E-state index >= 15 is 0 Å². The predicted octanol–water partition coefficient (Wildman–Crippen LogP) is 3.50. The fourth-order valence-electron chi connectivity index (χ4n) is 4.16. The highest BCUT2D eigenvalue weighted by atomic mass is 19.1. The highest BCUT2D eigenvalue weighted by molar-refractivity contribution is 5.95. The third kappa shape index (κ3) is 4.43. The Labute approximate surface area is 186 Å². The van der Waals surface area contributed by atoms with Crippen molar-refractivity contribution in [2.45, 2.75) is 45.7 Å². The first kappa shape index (κ1) is 22.1. The van der Waals surface area contributed by atoms with Crippen LogP contribution >= 0.6 is 0 Å². The first-order valence-corrected chi connectivity index (χ1v) is 11.2. The van der Waals surface area contributed by atoms with Crippen molar-refractivity contribution in [1.29, 1.82) is 0 Å². The summed E-state index contributed by atoms with van der Waals surface area (Å²) in [6, 6.07) is 12.4. The Kier molecular flexibility index (Phi) is 6.37. The number of amides is 1. The van der Waals surface area contributed by atoms with Crippen LogP contribution in [0.4, 0.5) is 4.39 Å². The van der Waals surface area contributed by atoms with E-state index < -0.39 is 5.82 Å². The molecule has 0 saturated carbocycles. The van der Waals surface area contributed by atoms with Crippen LogP contribution in [0.2, 0.25) is 0 Å². The number of nitrogens with zero attached hydrogens (tertiary/aromatic N) is 2. The number of H-pyrrole nitrogens is 1. The molecule has 1 aliphatic heterocycles. The van der Waals surface area contributed by atoms with E-state index in [1.54, 1.807) is 29.2 Å². The minimum atomic E-state index is -0.526. The summed E-state index contributed by atoms with van der Waals surface area (Å²) in [5.74, 6) is -0.258. The maximum Gasteiger partial charge on any atom is 0.272 e. The predicted molar refractivity (Wildman–Crippen MR) is 123 cm³/mol. The van der Waals surface area contributed by atoms with Gasteiger partial charge in [-0.2, -0.15) is 5.10 Å². The van der Waals surface area contributed by atoms with Gasteiger partial charge in [-0.15, -0.1) is 0 Å². The third-order valence-electron chi connectivity index (χ3n) is 6.57. The van der Waals surface area contributed by atoms with Crippen molar-refractivity contribution < 1.29 is 9.18 Å². The van der Waals surface area contributed by atoms with Crippen LogP contribution in [-0.4, -0.2) is 46.2 Å². The van der Waals surface area contributed by atoms with Gasteiger partial charge in [-0.25, -0.2) is 9.49 Å². The standard InChI is InChI=1S/C25H29FN4O2/c1-4-15(2)16(3)27-18-13-30(14-18)25(32)21-11-17(9-10-22(21)26)12-23-19-7-5-6-8-20(19)24(31)29-28-23/h5-11,15-16,18,27H,4,12-14H2,1-3H3,(H,29,31). The molecule has 168 valence electrons. The molecule has 2 unspecified atom stereocenters. The molecule has 0 radical (unpaired) electrons. The number of carbonyl (C=O) groups excluding carboxylic acids is 1. The van der Waals surface area contributed by atoms with E-state index in [1.807, 2.05) is 12.1 Å². The fourth-order valence-corrected chi connectivity index (χ4v) is 4.16. The van der Waals surface area contributed by atoms with Gasteiger partial charge in [-0.3, -0.25) is 9.59 Å². The van der Waals surface area contributed by atoms with Gasteiger partial charge in [0.2, 0.25) is 0 Å². The number of benzene rings is 2. The van der Waals surface area contributed by atoms with Gasteiger partial charge in [0.25, 0.3) is 11.5 Å². The van der Waals surface area contributed by atoms with E-state index in [1.165, 1.54) is 6.07 Å². The first-order chi connectivity index (χ1) is 15.4. The van der Waals surface area contributed by atoms with E-state index in [0.29, 0.717) is 42.6 Å². The normalized spacial score (nSPS) is 16.1.